The lowest BCUT2D eigenvalue weighted by Gasteiger charge is -2.12. The predicted octanol–water partition coefficient (Wildman–Crippen LogP) is 2.99. The van der Waals surface area contributed by atoms with Gasteiger partial charge in [-0.3, -0.25) is 9.98 Å². The SMILES string of the molecule is O=c1[nH]c(O)c(/C=c2\cnn3c(=NC4CC4)cc(NCc4ccccc4-c4cccc(Cl)c4)nc23)[nH]1. The highest BCUT2D eigenvalue weighted by molar-refractivity contribution is 6.30. The Morgan fingerprint density at radius 2 is 2.03 bits per heavy atom. The number of nitrogens with one attached hydrogen (secondary N) is 3. The Bertz CT molecular complexity index is 1770. The Kier molecular flexibility index (Phi) is 5.54. The summed E-state index contributed by atoms with van der Waals surface area (Å²) in [5.74, 6) is 0.402. The van der Waals surface area contributed by atoms with Gasteiger partial charge >= 0.3 is 5.69 Å². The molecule has 0 bridgehead atoms. The monoisotopic (exact) mass is 499 g/mol. The summed E-state index contributed by atoms with van der Waals surface area (Å²) >= 11 is 6.23. The molecule has 1 aliphatic carbocycles. The van der Waals surface area contributed by atoms with Crippen LogP contribution in [-0.4, -0.2) is 35.7 Å². The maximum atomic E-state index is 11.5. The van der Waals surface area contributed by atoms with E-state index in [9.17, 15) is 9.90 Å². The van der Waals surface area contributed by atoms with E-state index in [4.69, 9.17) is 21.6 Å². The van der Waals surface area contributed by atoms with Gasteiger partial charge in [-0.15, -0.1) is 0 Å². The summed E-state index contributed by atoms with van der Waals surface area (Å²) < 4.78 is 1.68. The molecule has 5 aromatic rings. The fourth-order valence-corrected chi connectivity index (χ4v) is 4.27. The molecule has 0 amide bonds. The Morgan fingerprint density at radius 3 is 2.81 bits per heavy atom. The number of anilines is 1. The molecule has 0 radical (unpaired) electrons. The fraction of sp³-hybridized carbons (Fsp3) is 0.154. The minimum Gasteiger partial charge on any atom is -0.493 e. The van der Waals surface area contributed by atoms with Crippen molar-refractivity contribution in [3.05, 3.63) is 98.3 Å². The number of imidazole rings is 1. The van der Waals surface area contributed by atoms with E-state index in [0.29, 0.717) is 33.7 Å². The van der Waals surface area contributed by atoms with E-state index >= 15 is 0 Å². The first-order valence-electron chi connectivity index (χ1n) is 11.6. The van der Waals surface area contributed by atoms with Crippen LogP contribution in [0, 0.1) is 0 Å². The van der Waals surface area contributed by atoms with Crippen LogP contribution in [0.1, 0.15) is 24.1 Å². The normalized spacial score (nSPS) is 14.6. The third kappa shape index (κ3) is 4.48. The van der Waals surface area contributed by atoms with Crippen molar-refractivity contribution in [2.75, 3.05) is 5.32 Å². The zero-order valence-corrected chi connectivity index (χ0v) is 19.8. The van der Waals surface area contributed by atoms with Gasteiger partial charge in [-0.1, -0.05) is 48.0 Å². The number of hydrogen-bond acceptors (Lipinski definition) is 6. The second-order valence-electron chi connectivity index (χ2n) is 8.70. The van der Waals surface area contributed by atoms with Crippen LogP contribution in [0.2, 0.25) is 5.02 Å². The number of halogens is 1. The molecule has 9 nitrogen and oxygen atoms in total. The van der Waals surface area contributed by atoms with E-state index in [2.05, 4.69) is 32.5 Å². The topological polar surface area (TPSA) is 123 Å². The third-order valence-electron chi connectivity index (χ3n) is 5.99. The second-order valence-corrected chi connectivity index (χ2v) is 9.14. The van der Waals surface area contributed by atoms with Crippen molar-refractivity contribution < 1.29 is 5.11 Å². The molecule has 1 fully saturated rings. The number of benzene rings is 2. The van der Waals surface area contributed by atoms with Crippen molar-refractivity contribution in [2.45, 2.75) is 25.4 Å². The zero-order valence-electron chi connectivity index (χ0n) is 19.1. The predicted molar refractivity (Wildman–Crippen MR) is 138 cm³/mol. The number of fused-ring (bicyclic) bond motifs is 1. The summed E-state index contributed by atoms with van der Waals surface area (Å²) in [6.07, 6.45) is 5.37. The van der Waals surface area contributed by atoms with Crippen molar-refractivity contribution in [1.82, 2.24) is 24.6 Å². The Balaban J connectivity index is 1.40. The third-order valence-corrected chi connectivity index (χ3v) is 6.23. The second kappa shape index (κ2) is 9.01. The van der Waals surface area contributed by atoms with Gasteiger partial charge in [0, 0.05) is 22.9 Å². The number of nitrogens with zero attached hydrogens (tertiary/aromatic N) is 4. The number of aromatic amines is 2. The molecule has 1 aliphatic rings. The van der Waals surface area contributed by atoms with Crippen molar-refractivity contribution in [3.8, 4) is 17.0 Å². The Hall–Kier alpha value is -4.37. The molecule has 0 unspecified atom stereocenters. The molecule has 36 heavy (non-hydrogen) atoms. The average molecular weight is 500 g/mol. The first-order chi connectivity index (χ1) is 17.5. The Morgan fingerprint density at radius 1 is 1.17 bits per heavy atom. The molecule has 0 atom stereocenters. The highest BCUT2D eigenvalue weighted by Crippen LogP contribution is 2.27. The molecule has 1 saturated carbocycles. The minimum atomic E-state index is -0.492. The van der Waals surface area contributed by atoms with Crippen LogP contribution < -0.4 is 21.7 Å². The van der Waals surface area contributed by atoms with Crippen molar-refractivity contribution in [2.24, 2.45) is 4.99 Å². The maximum absolute atomic E-state index is 11.5. The van der Waals surface area contributed by atoms with Crippen LogP contribution in [0.25, 0.3) is 22.9 Å². The van der Waals surface area contributed by atoms with Crippen molar-refractivity contribution in [1.29, 1.82) is 0 Å². The minimum absolute atomic E-state index is 0.242. The number of rotatable bonds is 6. The maximum Gasteiger partial charge on any atom is 0.326 e. The van der Waals surface area contributed by atoms with Gasteiger partial charge in [0.15, 0.2) is 11.1 Å². The molecule has 2 aromatic carbocycles. The standard InChI is InChI=1S/C26H22ClN7O2/c27-18-6-3-5-15(10-18)20-7-2-1-4-16(20)13-28-22-12-23(30-19-8-9-19)34-24(32-22)17(14-29-34)11-21-25(35)33-26(36)31-21/h1-7,10-12,14,19,28,35H,8-9,13H2,(H2,31,33,36)/b17-11+,30-23?. The van der Waals surface area contributed by atoms with Gasteiger partial charge in [-0.05, 0) is 47.7 Å². The molecule has 3 aromatic heterocycles. The molecule has 4 N–H and O–H groups in total. The summed E-state index contributed by atoms with van der Waals surface area (Å²) in [5.41, 5.74) is 4.24. The van der Waals surface area contributed by atoms with E-state index in [1.165, 1.54) is 0 Å². The van der Waals surface area contributed by atoms with Gasteiger partial charge in [0.25, 0.3) is 0 Å². The highest BCUT2D eigenvalue weighted by atomic mass is 35.5. The highest BCUT2D eigenvalue weighted by Gasteiger charge is 2.20. The van der Waals surface area contributed by atoms with Gasteiger partial charge in [0.2, 0.25) is 5.88 Å². The summed E-state index contributed by atoms with van der Waals surface area (Å²) in [7, 11) is 0. The fourth-order valence-electron chi connectivity index (χ4n) is 4.08. The van der Waals surface area contributed by atoms with E-state index in [1.807, 2.05) is 42.5 Å². The van der Waals surface area contributed by atoms with E-state index in [0.717, 1.165) is 29.5 Å². The van der Waals surface area contributed by atoms with Crippen LogP contribution in [0.3, 0.4) is 0 Å². The van der Waals surface area contributed by atoms with Gasteiger partial charge < -0.3 is 15.4 Å². The molecule has 6 rings (SSSR count). The van der Waals surface area contributed by atoms with Crippen molar-refractivity contribution >= 4 is 29.1 Å². The molecule has 3 heterocycles. The summed E-state index contributed by atoms with van der Waals surface area (Å²) in [4.78, 5) is 26.0. The number of hydrogen-bond donors (Lipinski definition) is 4. The molecule has 0 spiro atoms. The summed E-state index contributed by atoms with van der Waals surface area (Å²) in [5, 5.41) is 19.2. The molecular weight excluding hydrogens is 478 g/mol. The molecule has 0 saturated heterocycles. The first-order valence-corrected chi connectivity index (χ1v) is 11.9. The summed E-state index contributed by atoms with van der Waals surface area (Å²) in [6.45, 7) is 0.536. The lowest BCUT2D eigenvalue weighted by molar-refractivity contribution is 0.454. The first kappa shape index (κ1) is 22.1. The van der Waals surface area contributed by atoms with Crippen LogP contribution in [0.5, 0.6) is 5.88 Å². The van der Waals surface area contributed by atoms with Gasteiger partial charge in [0.1, 0.15) is 11.5 Å². The van der Waals surface area contributed by atoms with Gasteiger partial charge in [-0.25, -0.2) is 9.78 Å². The summed E-state index contributed by atoms with van der Waals surface area (Å²) in [6, 6.07) is 18.1. The lowest BCUT2D eigenvalue weighted by atomic mass is 10.00. The van der Waals surface area contributed by atoms with Crippen LogP contribution in [0.4, 0.5) is 5.82 Å². The molecular formula is C26H22ClN7O2. The van der Waals surface area contributed by atoms with Gasteiger partial charge in [0.05, 0.1) is 12.2 Å². The lowest BCUT2D eigenvalue weighted by Crippen LogP contribution is -2.20. The number of aromatic hydroxyl groups is 1. The molecule has 180 valence electrons. The van der Waals surface area contributed by atoms with Crippen molar-refractivity contribution in [3.63, 3.8) is 0 Å². The van der Waals surface area contributed by atoms with E-state index in [1.54, 1.807) is 16.8 Å². The number of H-pyrrole nitrogens is 2. The van der Waals surface area contributed by atoms with E-state index < -0.39 is 5.69 Å². The largest absolute Gasteiger partial charge is 0.493 e. The van der Waals surface area contributed by atoms with E-state index in [-0.39, 0.29) is 17.6 Å². The van der Waals surface area contributed by atoms with Gasteiger partial charge in [-0.2, -0.15) is 9.61 Å². The van der Waals surface area contributed by atoms with Crippen LogP contribution >= 0.6 is 11.6 Å². The van der Waals surface area contributed by atoms with Crippen LogP contribution in [-0.2, 0) is 6.54 Å². The van der Waals surface area contributed by atoms with Crippen LogP contribution in [0.15, 0.2) is 70.6 Å². The Labute approximate surface area is 209 Å². The quantitative estimate of drug-likeness (QED) is 0.286. The number of aromatic nitrogens is 5. The molecule has 10 heteroatoms. The average Bonchev–Trinajstić information content (AvgIpc) is 3.51. The molecule has 0 aliphatic heterocycles. The zero-order chi connectivity index (χ0) is 24.6. The smallest absolute Gasteiger partial charge is 0.326 e.